The highest BCUT2D eigenvalue weighted by molar-refractivity contribution is 6.31. The van der Waals surface area contributed by atoms with Crippen LogP contribution in [0.1, 0.15) is 65.5 Å². The molecule has 4 aromatic rings. The van der Waals surface area contributed by atoms with E-state index in [1.165, 1.54) is 50.8 Å². The minimum atomic E-state index is -4.94. The van der Waals surface area contributed by atoms with Crippen LogP contribution in [0.15, 0.2) is 144 Å². The summed E-state index contributed by atoms with van der Waals surface area (Å²) in [5.41, 5.74) is 13.4. The minimum Gasteiger partial charge on any atom is -0.344 e. The molecule has 0 spiro atoms. The Balaban J connectivity index is 0.000000967. The van der Waals surface area contributed by atoms with Crippen molar-refractivity contribution >= 4 is 51.7 Å². The molecule has 55 heavy (non-hydrogen) atoms. The van der Waals surface area contributed by atoms with Crippen molar-refractivity contribution in [2.75, 3.05) is 22.9 Å². The van der Waals surface area contributed by atoms with Crippen molar-refractivity contribution in [1.29, 1.82) is 0 Å². The lowest BCUT2D eigenvalue weighted by Crippen LogP contribution is -2.68. The molecule has 7 nitrogen and oxygen atoms in total. The van der Waals surface area contributed by atoms with E-state index in [2.05, 4.69) is 165 Å². The van der Waals surface area contributed by atoms with Gasteiger partial charge in [0.1, 0.15) is 0 Å². The van der Waals surface area contributed by atoms with Crippen molar-refractivity contribution in [3.63, 3.8) is 0 Å². The molecule has 2 aliphatic heterocycles. The molecule has 4 aromatic carbocycles. The zero-order valence-electron chi connectivity index (χ0n) is 32.0. The van der Waals surface area contributed by atoms with Crippen LogP contribution in [0.5, 0.6) is 0 Å². The van der Waals surface area contributed by atoms with Crippen LogP contribution in [0.4, 0.5) is 22.7 Å². The summed E-state index contributed by atoms with van der Waals surface area (Å²) in [7, 11) is -4.94. The van der Waals surface area contributed by atoms with E-state index < -0.39 is 10.2 Å². The highest BCUT2D eigenvalue weighted by Gasteiger charge is 2.41. The van der Waals surface area contributed by atoms with Gasteiger partial charge in [-0.1, -0.05) is 99.4 Å². The quantitative estimate of drug-likeness (QED) is 0.187. The summed E-state index contributed by atoms with van der Waals surface area (Å²) in [5.74, 6) is 0. The van der Waals surface area contributed by atoms with Gasteiger partial charge in [0, 0.05) is 92.1 Å². The van der Waals surface area contributed by atoms with Gasteiger partial charge < -0.3 is 9.80 Å². The number of hydrogen-bond donors (Lipinski definition) is 0. The standard InChI is InChI=1S/C45H46Cl2N3.ClHO4/c1-7-48-39-25-23-33(46)29-37(39)44(3,4)41(48)27-21-31-19-20-32(43(31)50(35-15-11-9-12-16-35)36-17-13-10-14-18-36)22-28-42-45(5,6)38-30-34(47)24-26-40(38)49(42)8-2;2-1(3,4)5/h9-18,21-30H,7-8,19-20H2,1-6H3;(H,2,3,4,5)/q+1;/p-1. The number of nitrogens with zero attached hydrogens (tertiary/aromatic N) is 3. The predicted octanol–water partition coefficient (Wildman–Crippen LogP) is 7.56. The van der Waals surface area contributed by atoms with E-state index in [0.29, 0.717) is 0 Å². The molecule has 7 rings (SSSR count). The number of halogens is 3. The predicted molar refractivity (Wildman–Crippen MR) is 216 cm³/mol. The first-order chi connectivity index (χ1) is 26.1. The van der Waals surface area contributed by atoms with Crippen LogP contribution >= 0.6 is 23.2 Å². The number of hydrogen-bond acceptors (Lipinski definition) is 6. The molecule has 0 saturated heterocycles. The Morgan fingerprint density at radius 2 is 0.964 bits per heavy atom. The summed E-state index contributed by atoms with van der Waals surface area (Å²) < 4.78 is 36.4. The fourth-order valence-corrected chi connectivity index (χ4v) is 8.57. The smallest absolute Gasteiger partial charge is 0.218 e. The molecular formula is C45H46Cl3N3O4. The van der Waals surface area contributed by atoms with Crippen LogP contribution in [0.2, 0.25) is 10.0 Å². The van der Waals surface area contributed by atoms with Gasteiger partial charge in [0.2, 0.25) is 17.1 Å². The Morgan fingerprint density at radius 3 is 1.31 bits per heavy atom. The summed E-state index contributed by atoms with van der Waals surface area (Å²) in [6, 6.07) is 34.2. The summed E-state index contributed by atoms with van der Waals surface area (Å²) in [6.45, 7) is 15.5. The highest BCUT2D eigenvalue weighted by Crippen LogP contribution is 2.50. The van der Waals surface area contributed by atoms with Gasteiger partial charge in [-0.05, 0) is 86.4 Å². The van der Waals surface area contributed by atoms with Crippen LogP contribution in [0, 0.1) is 10.2 Å². The van der Waals surface area contributed by atoms with E-state index in [9.17, 15) is 0 Å². The third kappa shape index (κ3) is 8.35. The summed E-state index contributed by atoms with van der Waals surface area (Å²) in [6.07, 6.45) is 11.4. The molecule has 2 heterocycles. The molecule has 1 aliphatic carbocycles. The van der Waals surface area contributed by atoms with E-state index in [1.54, 1.807) is 0 Å². The Kier molecular flexibility index (Phi) is 11.9. The first kappa shape index (κ1) is 40.5. The van der Waals surface area contributed by atoms with Crippen molar-refractivity contribution in [2.24, 2.45) is 0 Å². The van der Waals surface area contributed by atoms with E-state index >= 15 is 0 Å². The van der Waals surface area contributed by atoms with Gasteiger partial charge in [-0.25, -0.2) is 18.6 Å². The molecule has 0 bridgehead atoms. The van der Waals surface area contributed by atoms with Crippen LogP contribution in [-0.2, 0) is 10.8 Å². The third-order valence-corrected chi connectivity index (χ3v) is 11.2. The topological polar surface area (TPSA) is 102 Å². The number of para-hydroxylation sites is 2. The number of benzene rings is 4. The molecule has 286 valence electrons. The largest absolute Gasteiger partial charge is 0.344 e. The first-order valence-electron chi connectivity index (χ1n) is 18.4. The van der Waals surface area contributed by atoms with Crippen molar-refractivity contribution < 1.29 is 28.9 Å². The second kappa shape index (κ2) is 16.1. The van der Waals surface area contributed by atoms with Crippen LogP contribution < -0.4 is 33.0 Å². The number of anilines is 2. The zero-order valence-corrected chi connectivity index (χ0v) is 34.3. The Morgan fingerprint density at radius 1 is 0.600 bits per heavy atom. The molecular weight excluding hydrogens is 753 g/mol. The van der Waals surface area contributed by atoms with Crippen LogP contribution in [0.25, 0.3) is 0 Å². The molecule has 1 saturated carbocycles. The van der Waals surface area contributed by atoms with E-state index in [0.717, 1.165) is 47.4 Å². The average molecular weight is 799 g/mol. The van der Waals surface area contributed by atoms with Crippen LogP contribution in [0.3, 0.4) is 0 Å². The maximum Gasteiger partial charge on any atom is 0.218 e. The average Bonchev–Trinajstić information content (AvgIpc) is 3.70. The fraction of sp³-hybridized carbons (Fsp3) is 0.267. The van der Waals surface area contributed by atoms with Crippen molar-refractivity contribution in [3.05, 3.63) is 165 Å². The molecule has 3 aliphatic rings. The Hall–Kier alpha value is -4.18. The second-order valence-electron chi connectivity index (χ2n) is 14.8. The first-order valence-corrected chi connectivity index (χ1v) is 20.4. The maximum absolute atomic E-state index is 8.49. The molecule has 1 fully saturated rings. The van der Waals surface area contributed by atoms with Crippen molar-refractivity contribution in [2.45, 2.75) is 65.2 Å². The fourth-order valence-electron chi connectivity index (χ4n) is 8.22. The monoisotopic (exact) mass is 797 g/mol. The molecule has 10 heteroatoms. The van der Waals surface area contributed by atoms with Gasteiger partial charge in [-0.2, -0.15) is 4.58 Å². The van der Waals surface area contributed by atoms with Crippen molar-refractivity contribution in [3.8, 4) is 0 Å². The maximum atomic E-state index is 8.49. The van der Waals surface area contributed by atoms with E-state index in [1.807, 2.05) is 12.1 Å². The van der Waals surface area contributed by atoms with E-state index in [-0.39, 0.29) is 10.8 Å². The Bertz CT molecular complexity index is 2060. The number of likely N-dealkylation sites (N-methyl/N-ethyl adjacent to an activating group) is 2. The lowest BCUT2D eigenvalue weighted by Gasteiger charge is -2.26. The Labute approximate surface area is 336 Å². The minimum absolute atomic E-state index is 0.177. The molecule has 0 aromatic heterocycles. The van der Waals surface area contributed by atoms with Gasteiger partial charge >= 0.3 is 0 Å². The van der Waals surface area contributed by atoms with Gasteiger partial charge in [-0.3, -0.25) is 0 Å². The molecule has 0 atom stereocenters. The van der Waals surface area contributed by atoms with Gasteiger partial charge in [0.05, 0.1) is 0 Å². The van der Waals surface area contributed by atoms with Gasteiger partial charge in [0.25, 0.3) is 0 Å². The lowest BCUT2D eigenvalue weighted by atomic mass is 9.83. The molecule has 0 N–H and O–H groups in total. The molecule has 0 unspecified atom stereocenters. The number of fused-ring (bicyclic) bond motifs is 2. The summed E-state index contributed by atoms with van der Waals surface area (Å²) >= 11 is 13.0. The number of rotatable bonds is 6. The second-order valence-corrected chi connectivity index (χ2v) is 16.4. The van der Waals surface area contributed by atoms with Crippen LogP contribution in [-0.4, -0.2) is 18.8 Å². The van der Waals surface area contributed by atoms with Gasteiger partial charge in [0.15, 0.2) is 0 Å². The SMILES string of the molecule is CCN1C(=CC=C2CC/C(=C\C=C3N(CC)c4ccc(Cl)cc4C3(C)C)C2=[N+](c2ccccc2)c2ccccc2)C(C)(C)c2cc(Cl)ccc21.[O-][Cl+3]([O-])([O-])[O-]. The van der Waals surface area contributed by atoms with Crippen molar-refractivity contribution in [1.82, 2.24) is 4.58 Å². The van der Waals surface area contributed by atoms with E-state index in [4.69, 9.17) is 41.8 Å². The summed E-state index contributed by atoms with van der Waals surface area (Å²) in [5, 5.41) is 1.56. The highest BCUT2D eigenvalue weighted by atomic mass is 35.7. The summed E-state index contributed by atoms with van der Waals surface area (Å²) in [4.78, 5) is 4.88. The molecule has 0 radical (unpaired) electrons. The zero-order chi connectivity index (χ0) is 39.7. The third-order valence-electron chi connectivity index (χ3n) is 10.7. The number of allylic oxidation sites excluding steroid dienone is 8. The molecule has 0 amide bonds. The van der Waals surface area contributed by atoms with Gasteiger partial charge in [-0.15, -0.1) is 10.2 Å². The lowest BCUT2D eigenvalue weighted by molar-refractivity contribution is -2.00. The normalized spacial score (nSPS) is 20.0.